The van der Waals surface area contributed by atoms with Crippen molar-refractivity contribution in [3.05, 3.63) is 23.8 Å². The molecular formula is C18H29N3O3. The maximum absolute atomic E-state index is 12.4. The molecule has 24 heavy (non-hydrogen) atoms. The Morgan fingerprint density at radius 3 is 2.58 bits per heavy atom. The number of hydrogen-bond donors (Lipinski definition) is 1. The Labute approximate surface area is 144 Å². The van der Waals surface area contributed by atoms with Gasteiger partial charge in [-0.15, -0.1) is 0 Å². The number of benzene rings is 1. The molecule has 6 heteroatoms. The second-order valence-electron chi connectivity index (χ2n) is 6.64. The number of ether oxygens (including phenoxy) is 2. The van der Waals surface area contributed by atoms with Gasteiger partial charge in [0.1, 0.15) is 0 Å². The summed E-state index contributed by atoms with van der Waals surface area (Å²) in [4.78, 5) is 16.5. The molecule has 134 valence electrons. The van der Waals surface area contributed by atoms with Gasteiger partial charge < -0.3 is 19.7 Å². The third-order valence-electron chi connectivity index (χ3n) is 4.39. The molecule has 0 aromatic heterocycles. The Balaban J connectivity index is 2.12. The van der Waals surface area contributed by atoms with Gasteiger partial charge in [-0.3, -0.25) is 4.90 Å². The van der Waals surface area contributed by atoms with Crippen molar-refractivity contribution >= 4 is 6.03 Å². The van der Waals surface area contributed by atoms with Gasteiger partial charge in [-0.25, -0.2) is 4.79 Å². The number of piperazine rings is 1. The molecule has 1 N–H and O–H groups in total. The maximum Gasteiger partial charge on any atom is 0.317 e. The molecule has 1 aromatic carbocycles. The summed E-state index contributed by atoms with van der Waals surface area (Å²) in [5.41, 5.74) is 1.12. The zero-order valence-corrected chi connectivity index (χ0v) is 15.3. The number of rotatable bonds is 5. The van der Waals surface area contributed by atoms with Crippen molar-refractivity contribution in [2.45, 2.75) is 19.9 Å². The van der Waals surface area contributed by atoms with Crippen LogP contribution in [-0.4, -0.2) is 63.3 Å². The van der Waals surface area contributed by atoms with Crippen molar-refractivity contribution in [1.82, 2.24) is 15.1 Å². The Kier molecular flexibility index (Phi) is 6.31. The number of carbonyl (C=O) groups is 1. The van der Waals surface area contributed by atoms with Crippen LogP contribution in [0.15, 0.2) is 18.2 Å². The molecule has 1 aromatic rings. The van der Waals surface area contributed by atoms with Gasteiger partial charge in [0.2, 0.25) is 0 Å². The summed E-state index contributed by atoms with van der Waals surface area (Å²) >= 11 is 0. The zero-order chi connectivity index (χ0) is 17.7. The first-order valence-electron chi connectivity index (χ1n) is 8.41. The zero-order valence-electron chi connectivity index (χ0n) is 15.3. The number of carbonyl (C=O) groups excluding carboxylic acids is 1. The van der Waals surface area contributed by atoms with Crippen LogP contribution in [0.25, 0.3) is 0 Å². The number of methoxy groups -OCH3 is 2. The van der Waals surface area contributed by atoms with Gasteiger partial charge in [-0.05, 0) is 30.7 Å². The Morgan fingerprint density at radius 2 is 1.96 bits per heavy atom. The quantitative estimate of drug-likeness (QED) is 0.897. The smallest absolute Gasteiger partial charge is 0.317 e. The third kappa shape index (κ3) is 4.32. The fourth-order valence-electron chi connectivity index (χ4n) is 2.88. The molecule has 1 unspecified atom stereocenters. The van der Waals surface area contributed by atoms with Gasteiger partial charge in [0, 0.05) is 26.2 Å². The highest BCUT2D eigenvalue weighted by Gasteiger charge is 2.29. The molecule has 0 aliphatic carbocycles. The molecule has 0 radical (unpaired) electrons. The highest BCUT2D eigenvalue weighted by atomic mass is 16.5. The van der Waals surface area contributed by atoms with E-state index in [2.05, 4.69) is 31.1 Å². The van der Waals surface area contributed by atoms with Crippen molar-refractivity contribution < 1.29 is 14.3 Å². The van der Waals surface area contributed by atoms with E-state index in [9.17, 15) is 4.79 Å². The van der Waals surface area contributed by atoms with E-state index in [4.69, 9.17) is 9.47 Å². The lowest BCUT2D eigenvalue weighted by Crippen LogP contribution is -2.52. The van der Waals surface area contributed by atoms with Crippen molar-refractivity contribution in [3.8, 4) is 11.5 Å². The number of amides is 2. The van der Waals surface area contributed by atoms with Gasteiger partial charge in [-0.1, -0.05) is 19.9 Å². The minimum atomic E-state index is 0.0160. The first-order valence-corrected chi connectivity index (χ1v) is 8.41. The first kappa shape index (κ1) is 18.4. The second-order valence-corrected chi connectivity index (χ2v) is 6.64. The average Bonchev–Trinajstić information content (AvgIpc) is 2.59. The normalized spacial score (nSPS) is 18.6. The van der Waals surface area contributed by atoms with Crippen molar-refractivity contribution in [1.29, 1.82) is 0 Å². The highest BCUT2D eigenvalue weighted by molar-refractivity contribution is 5.74. The third-order valence-corrected chi connectivity index (χ3v) is 4.39. The molecule has 1 atom stereocenters. The lowest BCUT2D eigenvalue weighted by Gasteiger charge is -2.39. The van der Waals surface area contributed by atoms with Crippen LogP contribution in [-0.2, 0) is 0 Å². The van der Waals surface area contributed by atoms with E-state index in [-0.39, 0.29) is 12.1 Å². The lowest BCUT2D eigenvalue weighted by molar-refractivity contribution is 0.109. The Morgan fingerprint density at radius 1 is 1.25 bits per heavy atom. The summed E-state index contributed by atoms with van der Waals surface area (Å²) in [6.07, 6.45) is 0. The first-order chi connectivity index (χ1) is 11.5. The van der Waals surface area contributed by atoms with E-state index >= 15 is 0 Å². The fourth-order valence-corrected chi connectivity index (χ4v) is 2.88. The monoisotopic (exact) mass is 335 g/mol. The van der Waals surface area contributed by atoms with E-state index < -0.39 is 0 Å². The molecule has 1 fully saturated rings. The largest absolute Gasteiger partial charge is 0.493 e. The predicted octanol–water partition coefficient (Wildman–Crippen LogP) is 2.36. The van der Waals surface area contributed by atoms with Gasteiger partial charge >= 0.3 is 6.03 Å². The minimum Gasteiger partial charge on any atom is -0.493 e. The van der Waals surface area contributed by atoms with Crippen LogP contribution >= 0.6 is 0 Å². The molecular weight excluding hydrogens is 306 g/mol. The minimum absolute atomic E-state index is 0.0160. The van der Waals surface area contributed by atoms with Crippen molar-refractivity contribution in [2.75, 3.05) is 47.4 Å². The van der Waals surface area contributed by atoms with Crippen LogP contribution in [0.3, 0.4) is 0 Å². The maximum atomic E-state index is 12.4. The molecule has 0 spiro atoms. The molecule has 2 amide bonds. The number of nitrogens with one attached hydrogen (secondary N) is 1. The second kappa shape index (κ2) is 8.24. The van der Waals surface area contributed by atoms with E-state index in [0.717, 1.165) is 18.7 Å². The van der Waals surface area contributed by atoms with Crippen LogP contribution in [0, 0.1) is 5.92 Å². The Hall–Kier alpha value is -1.95. The van der Waals surface area contributed by atoms with E-state index in [1.807, 2.05) is 23.1 Å². The van der Waals surface area contributed by atoms with Gasteiger partial charge in [0.15, 0.2) is 11.5 Å². The summed E-state index contributed by atoms with van der Waals surface area (Å²) in [7, 11) is 5.35. The Bertz CT molecular complexity index is 562. The molecule has 2 rings (SSSR count). The average molecular weight is 335 g/mol. The van der Waals surface area contributed by atoms with Gasteiger partial charge in [0.25, 0.3) is 0 Å². The highest BCUT2D eigenvalue weighted by Crippen LogP contribution is 2.32. The van der Waals surface area contributed by atoms with E-state index in [1.165, 1.54) is 0 Å². The molecule has 0 bridgehead atoms. The van der Waals surface area contributed by atoms with Gasteiger partial charge in [0.05, 0.1) is 20.3 Å². The molecule has 1 aliphatic heterocycles. The number of urea groups is 1. The topological polar surface area (TPSA) is 54.0 Å². The van der Waals surface area contributed by atoms with Gasteiger partial charge in [-0.2, -0.15) is 0 Å². The SMILES string of the molecule is COc1ccc(C2CN(C(=O)NCC(C)C)CCN2C)cc1OC. The molecule has 1 heterocycles. The molecule has 1 saturated heterocycles. The van der Waals surface area contributed by atoms with Crippen LogP contribution in [0.1, 0.15) is 25.5 Å². The summed E-state index contributed by atoms with van der Waals surface area (Å²) in [6.45, 7) is 7.13. The number of hydrogen-bond acceptors (Lipinski definition) is 4. The van der Waals surface area contributed by atoms with Crippen LogP contribution in [0.4, 0.5) is 4.79 Å². The van der Waals surface area contributed by atoms with Crippen LogP contribution < -0.4 is 14.8 Å². The van der Waals surface area contributed by atoms with E-state index in [0.29, 0.717) is 30.5 Å². The van der Waals surface area contributed by atoms with Crippen molar-refractivity contribution in [3.63, 3.8) is 0 Å². The number of likely N-dealkylation sites (N-methyl/N-ethyl adjacent to an activating group) is 1. The summed E-state index contributed by atoms with van der Waals surface area (Å²) < 4.78 is 10.7. The van der Waals surface area contributed by atoms with Crippen LogP contribution in [0.2, 0.25) is 0 Å². The van der Waals surface area contributed by atoms with Crippen molar-refractivity contribution in [2.24, 2.45) is 5.92 Å². The summed E-state index contributed by atoms with van der Waals surface area (Å²) in [5, 5.41) is 3.00. The lowest BCUT2D eigenvalue weighted by atomic mass is 10.0. The van der Waals surface area contributed by atoms with E-state index in [1.54, 1.807) is 14.2 Å². The summed E-state index contributed by atoms with van der Waals surface area (Å²) in [5.74, 6) is 1.87. The molecule has 6 nitrogen and oxygen atoms in total. The van der Waals surface area contributed by atoms with Crippen LogP contribution in [0.5, 0.6) is 11.5 Å². The summed E-state index contributed by atoms with van der Waals surface area (Å²) in [6, 6.07) is 6.11. The fraction of sp³-hybridized carbons (Fsp3) is 0.611. The molecule has 0 saturated carbocycles. The predicted molar refractivity (Wildman–Crippen MR) is 94.7 cm³/mol. The molecule has 1 aliphatic rings. The number of nitrogens with zero attached hydrogens (tertiary/aromatic N) is 2. The standard InChI is InChI=1S/C18H29N3O3/c1-13(2)11-19-18(22)21-9-8-20(3)15(12-21)14-6-7-16(23-4)17(10-14)24-5/h6-7,10,13,15H,8-9,11-12H2,1-5H3,(H,19,22).